The van der Waals surface area contributed by atoms with E-state index >= 15 is 0 Å². The van der Waals surface area contributed by atoms with E-state index in [0.717, 1.165) is 33.7 Å². The van der Waals surface area contributed by atoms with Crippen molar-refractivity contribution in [2.24, 2.45) is 0 Å². The van der Waals surface area contributed by atoms with Crippen molar-refractivity contribution in [3.8, 4) is 17.1 Å². The van der Waals surface area contributed by atoms with Crippen molar-refractivity contribution < 1.29 is 9.90 Å². The van der Waals surface area contributed by atoms with Crippen LogP contribution in [0.5, 0.6) is 0 Å². The Morgan fingerprint density at radius 2 is 1.78 bits per heavy atom. The SMILES string of the molecule is Cc1nc(-c2ccccc2)nc2c1cc(C)n2-c1ccc(C(=O)O)cc1Br. The summed E-state index contributed by atoms with van der Waals surface area (Å²) < 4.78 is 2.71. The maximum atomic E-state index is 11.2. The van der Waals surface area contributed by atoms with E-state index in [-0.39, 0.29) is 5.56 Å². The lowest BCUT2D eigenvalue weighted by molar-refractivity contribution is 0.0697. The fraction of sp³-hybridized carbons (Fsp3) is 0.0952. The van der Waals surface area contributed by atoms with Gasteiger partial charge in [-0.15, -0.1) is 0 Å². The lowest BCUT2D eigenvalue weighted by atomic mass is 10.2. The Bertz CT molecular complexity index is 1180. The fourth-order valence-corrected chi connectivity index (χ4v) is 3.74. The maximum Gasteiger partial charge on any atom is 0.335 e. The van der Waals surface area contributed by atoms with E-state index in [0.29, 0.717) is 10.3 Å². The number of hydrogen-bond acceptors (Lipinski definition) is 3. The van der Waals surface area contributed by atoms with Gasteiger partial charge in [-0.3, -0.25) is 4.57 Å². The number of carboxylic acid groups (broad SMARTS) is 1. The molecule has 0 aliphatic carbocycles. The number of carbonyl (C=O) groups is 1. The summed E-state index contributed by atoms with van der Waals surface area (Å²) in [6.07, 6.45) is 0. The number of nitrogens with zero attached hydrogens (tertiary/aromatic N) is 3. The van der Waals surface area contributed by atoms with Crippen LogP contribution in [0.15, 0.2) is 59.1 Å². The van der Waals surface area contributed by atoms with Crippen LogP contribution in [0.25, 0.3) is 28.1 Å². The molecule has 27 heavy (non-hydrogen) atoms. The number of fused-ring (bicyclic) bond motifs is 1. The zero-order valence-electron chi connectivity index (χ0n) is 14.8. The molecule has 0 atom stereocenters. The Morgan fingerprint density at radius 1 is 1.04 bits per heavy atom. The lowest BCUT2D eigenvalue weighted by Gasteiger charge is -2.12. The van der Waals surface area contributed by atoms with Crippen molar-refractivity contribution in [3.05, 3.63) is 76.0 Å². The molecular weight excluding hydrogens is 406 g/mol. The molecule has 0 aliphatic rings. The molecule has 134 valence electrons. The highest BCUT2D eigenvalue weighted by Gasteiger charge is 2.17. The maximum absolute atomic E-state index is 11.2. The average Bonchev–Trinajstić information content (AvgIpc) is 2.99. The van der Waals surface area contributed by atoms with Crippen molar-refractivity contribution in [2.75, 3.05) is 0 Å². The number of hydrogen-bond donors (Lipinski definition) is 1. The first kappa shape index (κ1) is 17.4. The molecular formula is C21H16BrN3O2. The first-order valence-electron chi connectivity index (χ1n) is 8.41. The second-order valence-corrected chi connectivity index (χ2v) is 7.18. The molecule has 5 nitrogen and oxygen atoms in total. The monoisotopic (exact) mass is 421 g/mol. The minimum absolute atomic E-state index is 0.232. The second-order valence-electron chi connectivity index (χ2n) is 6.33. The summed E-state index contributed by atoms with van der Waals surface area (Å²) in [5.74, 6) is -0.293. The van der Waals surface area contributed by atoms with Gasteiger partial charge in [-0.25, -0.2) is 14.8 Å². The van der Waals surface area contributed by atoms with E-state index in [1.165, 1.54) is 0 Å². The van der Waals surface area contributed by atoms with Gasteiger partial charge in [0.05, 0.1) is 16.9 Å². The molecule has 6 heteroatoms. The van der Waals surface area contributed by atoms with Crippen molar-refractivity contribution in [1.82, 2.24) is 14.5 Å². The molecule has 0 bridgehead atoms. The van der Waals surface area contributed by atoms with Crippen LogP contribution in [0, 0.1) is 13.8 Å². The van der Waals surface area contributed by atoms with Gasteiger partial charge in [0.15, 0.2) is 5.82 Å². The van der Waals surface area contributed by atoms with E-state index in [2.05, 4.69) is 27.0 Å². The van der Waals surface area contributed by atoms with Crippen LogP contribution in [0.1, 0.15) is 21.7 Å². The summed E-state index contributed by atoms with van der Waals surface area (Å²) in [5.41, 5.74) is 4.71. The topological polar surface area (TPSA) is 68.0 Å². The van der Waals surface area contributed by atoms with Crippen LogP contribution in [0.3, 0.4) is 0 Å². The number of aryl methyl sites for hydroxylation is 2. The highest BCUT2D eigenvalue weighted by atomic mass is 79.9. The third-order valence-corrected chi connectivity index (χ3v) is 5.14. The quantitative estimate of drug-likeness (QED) is 0.495. The van der Waals surface area contributed by atoms with Gasteiger partial charge in [0, 0.05) is 21.1 Å². The third-order valence-electron chi connectivity index (χ3n) is 4.50. The van der Waals surface area contributed by atoms with Crippen molar-refractivity contribution in [2.45, 2.75) is 13.8 Å². The van der Waals surface area contributed by atoms with Gasteiger partial charge in [-0.05, 0) is 54.0 Å². The lowest BCUT2D eigenvalue weighted by Crippen LogP contribution is -2.03. The Balaban J connectivity index is 1.97. The van der Waals surface area contributed by atoms with Crippen molar-refractivity contribution in [3.63, 3.8) is 0 Å². The molecule has 0 radical (unpaired) electrons. The van der Waals surface area contributed by atoms with E-state index in [4.69, 9.17) is 4.98 Å². The zero-order valence-corrected chi connectivity index (χ0v) is 16.4. The molecule has 0 unspecified atom stereocenters. The Morgan fingerprint density at radius 3 is 2.44 bits per heavy atom. The summed E-state index contributed by atoms with van der Waals surface area (Å²) in [7, 11) is 0. The van der Waals surface area contributed by atoms with Crippen LogP contribution >= 0.6 is 15.9 Å². The van der Waals surface area contributed by atoms with Crippen LogP contribution in [0.2, 0.25) is 0 Å². The van der Waals surface area contributed by atoms with Gasteiger partial charge in [-0.1, -0.05) is 30.3 Å². The molecule has 2 aromatic carbocycles. The number of carboxylic acids is 1. The van der Waals surface area contributed by atoms with Gasteiger partial charge >= 0.3 is 5.97 Å². The van der Waals surface area contributed by atoms with Gasteiger partial charge in [0.1, 0.15) is 5.65 Å². The van der Waals surface area contributed by atoms with Gasteiger partial charge in [0.25, 0.3) is 0 Å². The molecule has 1 N–H and O–H groups in total. The van der Waals surface area contributed by atoms with Gasteiger partial charge in [-0.2, -0.15) is 0 Å². The van der Waals surface area contributed by atoms with Gasteiger partial charge in [0.2, 0.25) is 0 Å². The minimum atomic E-state index is -0.958. The predicted octanol–water partition coefficient (Wildman–Crippen LogP) is 5.17. The average molecular weight is 422 g/mol. The second kappa shape index (κ2) is 6.63. The highest BCUT2D eigenvalue weighted by Crippen LogP contribution is 2.31. The summed E-state index contributed by atoms with van der Waals surface area (Å²) >= 11 is 3.51. The molecule has 4 aromatic rings. The molecule has 2 heterocycles. The van der Waals surface area contributed by atoms with E-state index in [1.807, 2.05) is 48.7 Å². The van der Waals surface area contributed by atoms with Gasteiger partial charge < -0.3 is 5.11 Å². The Kier molecular flexibility index (Phi) is 4.28. The molecule has 0 saturated heterocycles. The molecule has 0 fully saturated rings. The number of aromatic carboxylic acids is 1. The van der Waals surface area contributed by atoms with Crippen LogP contribution < -0.4 is 0 Å². The van der Waals surface area contributed by atoms with Crippen LogP contribution in [-0.4, -0.2) is 25.6 Å². The van der Waals surface area contributed by atoms with Crippen molar-refractivity contribution >= 4 is 32.9 Å². The molecule has 0 amide bonds. The zero-order chi connectivity index (χ0) is 19.1. The van der Waals surface area contributed by atoms with E-state index in [1.54, 1.807) is 18.2 Å². The normalized spacial score (nSPS) is 11.1. The standard InChI is InChI=1S/C21H16BrN3O2/c1-12-10-16-13(2)23-19(14-6-4-3-5-7-14)24-20(16)25(12)18-9-8-15(21(26)27)11-17(18)22/h3-11H,1-2H3,(H,26,27). The van der Waals surface area contributed by atoms with E-state index in [9.17, 15) is 9.90 Å². The molecule has 4 rings (SSSR count). The summed E-state index contributed by atoms with van der Waals surface area (Å²) in [6.45, 7) is 3.98. The van der Waals surface area contributed by atoms with Crippen LogP contribution in [0.4, 0.5) is 0 Å². The molecule has 0 aliphatic heterocycles. The smallest absolute Gasteiger partial charge is 0.335 e. The molecule has 0 saturated carbocycles. The third kappa shape index (κ3) is 3.02. The summed E-state index contributed by atoms with van der Waals surface area (Å²) in [4.78, 5) is 20.7. The molecule has 2 aromatic heterocycles. The summed E-state index contributed by atoms with van der Waals surface area (Å²) in [5, 5.41) is 10.2. The van der Waals surface area contributed by atoms with E-state index < -0.39 is 5.97 Å². The number of benzene rings is 2. The first-order chi connectivity index (χ1) is 13.0. The highest BCUT2D eigenvalue weighted by molar-refractivity contribution is 9.10. The fourth-order valence-electron chi connectivity index (χ4n) is 3.19. The summed E-state index contributed by atoms with van der Waals surface area (Å²) in [6, 6.07) is 16.9. The molecule has 0 spiro atoms. The van der Waals surface area contributed by atoms with Crippen LogP contribution in [-0.2, 0) is 0 Å². The minimum Gasteiger partial charge on any atom is -0.478 e. The van der Waals surface area contributed by atoms with Crippen molar-refractivity contribution in [1.29, 1.82) is 0 Å². The predicted molar refractivity (Wildman–Crippen MR) is 108 cm³/mol. The number of aromatic nitrogens is 3. The Labute approximate surface area is 164 Å². The Hall–Kier alpha value is -2.99. The number of halogens is 1. The largest absolute Gasteiger partial charge is 0.478 e. The first-order valence-corrected chi connectivity index (χ1v) is 9.20. The number of rotatable bonds is 3.